The third-order valence-corrected chi connectivity index (χ3v) is 6.59. The summed E-state index contributed by atoms with van der Waals surface area (Å²) in [5.74, 6) is -3.83. The molecule has 1 unspecified atom stereocenters. The van der Waals surface area contributed by atoms with Gasteiger partial charge in [0.15, 0.2) is 11.6 Å². The van der Waals surface area contributed by atoms with Crippen molar-refractivity contribution in [3.8, 4) is 16.9 Å². The van der Waals surface area contributed by atoms with Gasteiger partial charge in [0.05, 0.1) is 12.3 Å². The van der Waals surface area contributed by atoms with Gasteiger partial charge < -0.3 is 15.2 Å². The van der Waals surface area contributed by atoms with Gasteiger partial charge in [-0.15, -0.1) is 13.2 Å². The fourth-order valence-corrected chi connectivity index (χ4v) is 4.42. The molecule has 1 atom stereocenters. The number of amides is 1. The zero-order valence-corrected chi connectivity index (χ0v) is 22.6. The smallest absolute Gasteiger partial charge is 0.481 e. The molecular weight excluding hydrogens is 563 g/mol. The average Bonchev–Trinajstić information content (AvgIpc) is 2.99. The lowest BCUT2D eigenvalue weighted by molar-refractivity contribution is -0.274. The zero-order chi connectivity index (χ0) is 31.0. The number of benzene rings is 4. The van der Waals surface area contributed by atoms with Gasteiger partial charge >= 0.3 is 12.3 Å². The van der Waals surface area contributed by atoms with E-state index >= 15 is 0 Å². The Balaban J connectivity index is 1.58. The van der Waals surface area contributed by atoms with Crippen molar-refractivity contribution < 1.29 is 42.2 Å². The second-order valence-electron chi connectivity index (χ2n) is 9.58. The number of carboxylic acids is 1. The number of aliphatic carboxylic acids is 1. The molecule has 43 heavy (non-hydrogen) atoms. The summed E-state index contributed by atoms with van der Waals surface area (Å²) in [5, 5.41) is 11.3. The lowest BCUT2D eigenvalue weighted by Crippen LogP contribution is -2.26. The number of Topliss-reactive ketones (excluding diaryl/α,β-unsaturated/α-hetero) is 2. The number of carbonyl (C=O) groups excluding carboxylic acids is 3. The number of nitrogens with one attached hydrogen (secondary N) is 1. The molecule has 7 nitrogen and oxygen atoms in total. The van der Waals surface area contributed by atoms with E-state index in [1.165, 1.54) is 24.3 Å². The van der Waals surface area contributed by atoms with Crippen LogP contribution >= 0.6 is 0 Å². The molecule has 0 fully saturated rings. The van der Waals surface area contributed by atoms with Crippen LogP contribution in [-0.4, -0.2) is 41.5 Å². The van der Waals surface area contributed by atoms with Crippen LogP contribution in [0.4, 0.5) is 13.2 Å². The van der Waals surface area contributed by atoms with Crippen molar-refractivity contribution in [2.75, 3.05) is 6.54 Å². The number of alkyl halides is 3. The maximum Gasteiger partial charge on any atom is 0.573 e. The number of rotatable bonds is 12. The second-order valence-corrected chi connectivity index (χ2v) is 9.58. The van der Waals surface area contributed by atoms with Gasteiger partial charge in [-0.05, 0) is 53.1 Å². The fourth-order valence-electron chi connectivity index (χ4n) is 4.42. The molecule has 2 N–H and O–H groups in total. The monoisotopic (exact) mass is 589 g/mol. The van der Waals surface area contributed by atoms with Crippen LogP contribution in [0.3, 0.4) is 0 Å². The van der Waals surface area contributed by atoms with Crippen LogP contribution in [0.1, 0.15) is 55.4 Å². The first-order valence-electron chi connectivity index (χ1n) is 13.2. The summed E-state index contributed by atoms with van der Waals surface area (Å²) in [4.78, 5) is 50.1. The van der Waals surface area contributed by atoms with E-state index in [2.05, 4.69) is 10.1 Å². The van der Waals surface area contributed by atoms with Crippen LogP contribution in [0.15, 0.2) is 103 Å². The maximum absolute atomic E-state index is 13.8. The van der Waals surface area contributed by atoms with Crippen LogP contribution in [0.5, 0.6) is 5.75 Å². The predicted octanol–water partition coefficient (Wildman–Crippen LogP) is 6.70. The summed E-state index contributed by atoms with van der Waals surface area (Å²) in [6.07, 6.45) is -5.41. The molecular formula is C33H26F3NO6. The van der Waals surface area contributed by atoms with Gasteiger partial charge in [-0.25, -0.2) is 0 Å². The molecule has 0 saturated carbocycles. The molecule has 4 rings (SSSR count). The van der Waals surface area contributed by atoms with Crippen LogP contribution in [0.2, 0.25) is 0 Å². The van der Waals surface area contributed by atoms with Crippen LogP contribution in [0.25, 0.3) is 11.1 Å². The fraction of sp³-hybridized carbons (Fsp3) is 0.152. The predicted molar refractivity (Wildman–Crippen MR) is 152 cm³/mol. The highest BCUT2D eigenvalue weighted by atomic mass is 19.4. The number of hydrogen-bond acceptors (Lipinski definition) is 5. The molecule has 0 heterocycles. The van der Waals surface area contributed by atoms with Gasteiger partial charge in [-0.3, -0.25) is 19.2 Å². The number of ether oxygens (including phenoxy) is 1. The molecule has 220 valence electrons. The molecule has 0 bridgehead atoms. The van der Waals surface area contributed by atoms with E-state index in [-0.39, 0.29) is 36.3 Å². The maximum atomic E-state index is 13.8. The van der Waals surface area contributed by atoms with Gasteiger partial charge in [0.1, 0.15) is 5.75 Å². The minimum atomic E-state index is -4.88. The third kappa shape index (κ3) is 8.62. The van der Waals surface area contributed by atoms with E-state index in [0.717, 1.165) is 23.3 Å². The van der Waals surface area contributed by atoms with Crippen LogP contribution in [0, 0.1) is 0 Å². The normalized spacial score (nSPS) is 11.8. The Bertz CT molecular complexity index is 1580. The summed E-state index contributed by atoms with van der Waals surface area (Å²) >= 11 is 0. The minimum absolute atomic E-state index is 0.0582. The van der Waals surface area contributed by atoms with Crippen molar-refractivity contribution >= 4 is 23.4 Å². The van der Waals surface area contributed by atoms with E-state index in [4.69, 9.17) is 5.11 Å². The topological polar surface area (TPSA) is 110 Å². The van der Waals surface area contributed by atoms with Crippen molar-refractivity contribution in [2.24, 2.45) is 0 Å². The highest BCUT2D eigenvalue weighted by molar-refractivity contribution is 6.06. The first kappa shape index (κ1) is 30.7. The number of hydrogen-bond donors (Lipinski definition) is 2. The van der Waals surface area contributed by atoms with Gasteiger partial charge in [-0.1, -0.05) is 66.7 Å². The molecule has 0 radical (unpaired) electrons. The Morgan fingerprint density at radius 1 is 0.721 bits per heavy atom. The number of ketones is 2. The van der Waals surface area contributed by atoms with E-state index in [1.54, 1.807) is 36.4 Å². The Morgan fingerprint density at radius 2 is 1.28 bits per heavy atom. The van der Waals surface area contributed by atoms with Crippen molar-refractivity contribution in [1.82, 2.24) is 5.32 Å². The zero-order valence-electron chi connectivity index (χ0n) is 22.6. The summed E-state index contributed by atoms with van der Waals surface area (Å²) in [6.45, 7) is -0.0582. The van der Waals surface area contributed by atoms with E-state index < -0.39 is 35.7 Å². The Morgan fingerprint density at radius 3 is 1.86 bits per heavy atom. The third-order valence-electron chi connectivity index (χ3n) is 6.59. The van der Waals surface area contributed by atoms with E-state index in [0.29, 0.717) is 11.1 Å². The SMILES string of the molecule is O=C(O)CCNC(=O)c1ccc(C(CC(=O)c2ccc(OC(F)(F)F)cc2)C(=O)c2ccc(-c3ccccc3)cc2)cc1. The first-order chi connectivity index (χ1) is 20.5. The highest BCUT2D eigenvalue weighted by Gasteiger charge is 2.31. The van der Waals surface area contributed by atoms with E-state index in [9.17, 15) is 32.3 Å². The molecule has 0 aliphatic rings. The summed E-state index contributed by atoms with van der Waals surface area (Å²) in [6, 6.07) is 26.9. The number of carboxylic acid groups (broad SMARTS) is 1. The van der Waals surface area contributed by atoms with Crippen molar-refractivity contribution in [1.29, 1.82) is 0 Å². The highest BCUT2D eigenvalue weighted by Crippen LogP contribution is 2.29. The van der Waals surface area contributed by atoms with Gasteiger partial charge in [0.25, 0.3) is 5.91 Å². The molecule has 1 amide bonds. The van der Waals surface area contributed by atoms with Gasteiger partial charge in [-0.2, -0.15) is 0 Å². The summed E-state index contributed by atoms with van der Waals surface area (Å²) < 4.78 is 41.4. The molecule has 4 aromatic carbocycles. The molecule has 10 heteroatoms. The van der Waals surface area contributed by atoms with E-state index in [1.807, 2.05) is 30.3 Å². The largest absolute Gasteiger partial charge is 0.573 e. The van der Waals surface area contributed by atoms with Crippen molar-refractivity contribution in [3.63, 3.8) is 0 Å². The quantitative estimate of drug-likeness (QED) is 0.178. The van der Waals surface area contributed by atoms with Crippen molar-refractivity contribution in [2.45, 2.75) is 25.1 Å². The first-order valence-corrected chi connectivity index (χ1v) is 13.2. The minimum Gasteiger partial charge on any atom is -0.481 e. The average molecular weight is 590 g/mol. The molecule has 0 spiro atoms. The number of carbonyl (C=O) groups is 4. The molecule has 0 aliphatic heterocycles. The standard InChI is InChI=1S/C33H26F3NO6/c34-33(35,36)43-27-16-14-24(15-17-27)29(38)20-28(23-8-12-26(13-9-23)32(42)37-19-18-30(39)40)31(41)25-10-6-22(7-11-25)21-4-2-1-3-5-21/h1-17,28H,18-20H2,(H,37,42)(H,39,40). The van der Waals surface area contributed by atoms with Gasteiger partial charge in [0, 0.05) is 29.7 Å². The molecule has 0 aliphatic carbocycles. The van der Waals surface area contributed by atoms with Crippen LogP contribution in [-0.2, 0) is 4.79 Å². The summed E-state index contributed by atoms with van der Waals surface area (Å²) in [5.41, 5.74) is 2.99. The number of halogens is 3. The van der Waals surface area contributed by atoms with Crippen LogP contribution < -0.4 is 10.1 Å². The molecule has 0 aromatic heterocycles. The van der Waals surface area contributed by atoms with Crippen molar-refractivity contribution in [3.05, 3.63) is 125 Å². The van der Waals surface area contributed by atoms with Gasteiger partial charge in [0.2, 0.25) is 0 Å². The lowest BCUT2D eigenvalue weighted by Gasteiger charge is -2.17. The Kier molecular flexibility index (Phi) is 9.72. The second kappa shape index (κ2) is 13.6. The molecule has 4 aromatic rings. The Hall–Kier alpha value is -5.25. The molecule has 0 saturated heterocycles. The lowest BCUT2D eigenvalue weighted by atomic mass is 9.84. The summed E-state index contributed by atoms with van der Waals surface area (Å²) in [7, 11) is 0. The Labute approximate surface area is 244 Å².